The lowest BCUT2D eigenvalue weighted by Gasteiger charge is -2.50. The average Bonchev–Trinajstić information content (AvgIpc) is 2.61. The summed E-state index contributed by atoms with van der Waals surface area (Å²) in [7, 11) is 3.45. The fraction of sp³-hybridized carbons (Fsp3) is 0.579. The van der Waals surface area contributed by atoms with E-state index in [2.05, 4.69) is 0 Å². The van der Waals surface area contributed by atoms with Crippen molar-refractivity contribution in [1.82, 2.24) is 14.7 Å². The number of piperidine rings is 2. The third-order valence-corrected chi connectivity index (χ3v) is 6.04. The monoisotopic (exact) mass is 379 g/mol. The third kappa shape index (κ3) is 3.53. The molecule has 2 saturated heterocycles. The van der Waals surface area contributed by atoms with Crippen molar-refractivity contribution >= 4 is 23.5 Å². The number of fused-ring (bicyclic) bond motifs is 1. The Morgan fingerprint density at radius 1 is 1.19 bits per heavy atom. The number of hydrogen-bond acceptors (Lipinski definition) is 3. The van der Waals surface area contributed by atoms with Crippen LogP contribution < -0.4 is 0 Å². The molecule has 1 N–H and O–H groups in total. The molecule has 0 spiro atoms. The molecule has 2 aliphatic rings. The smallest absolute Gasteiger partial charge is 0.319 e. The van der Waals surface area contributed by atoms with Crippen LogP contribution in [-0.4, -0.2) is 77.6 Å². The van der Waals surface area contributed by atoms with E-state index in [1.54, 1.807) is 40.9 Å². The summed E-state index contributed by atoms with van der Waals surface area (Å²) in [5.74, 6) is -0.219. The molecule has 7 heteroatoms. The van der Waals surface area contributed by atoms with E-state index < -0.39 is 5.60 Å². The summed E-state index contributed by atoms with van der Waals surface area (Å²) in [6, 6.07) is 5.27. The molecule has 1 aromatic carbocycles. The van der Waals surface area contributed by atoms with Crippen molar-refractivity contribution in [3.8, 4) is 0 Å². The van der Waals surface area contributed by atoms with Gasteiger partial charge in [0, 0.05) is 56.8 Å². The molecule has 142 valence electrons. The first-order valence-corrected chi connectivity index (χ1v) is 9.33. The standard InChI is InChI=1S/C19H26ClN3O3/c1-13-4-5-14(10-16(13)20)17(24)22-8-6-19(26)7-9-23(12-15(19)11-22)18(25)21(2)3/h4-5,10,15,26H,6-9,11-12H2,1-3H3/t15-,19-/m0/s1. The fourth-order valence-electron chi connectivity index (χ4n) is 3.85. The van der Waals surface area contributed by atoms with Crippen LogP contribution in [0.15, 0.2) is 18.2 Å². The van der Waals surface area contributed by atoms with Crippen molar-refractivity contribution in [2.75, 3.05) is 40.3 Å². The first-order chi connectivity index (χ1) is 12.2. The number of rotatable bonds is 1. The SMILES string of the molecule is Cc1ccc(C(=O)N2CC[C@]3(O)CCN(C(=O)N(C)C)C[C@@H]3C2)cc1Cl. The van der Waals surface area contributed by atoms with Gasteiger partial charge in [-0.3, -0.25) is 4.79 Å². The number of hydrogen-bond donors (Lipinski definition) is 1. The van der Waals surface area contributed by atoms with E-state index in [0.717, 1.165) is 5.56 Å². The van der Waals surface area contributed by atoms with E-state index in [1.807, 2.05) is 13.0 Å². The fourth-order valence-corrected chi connectivity index (χ4v) is 4.03. The summed E-state index contributed by atoms with van der Waals surface area (Å²) in [6.45, 7) is 3.87. The van der Waals surface area contributed by atoms with E-state index >= 15 is 0 Å². The van der Waals surface area contributed by atoms with Gasteiger partial charge >= 0.3 is 6.03 Å². The van der Waals surface area contributed by atoms with Gasteiger partial charge in [0.25, 0.3) is 5.91 Å². The Bertz CT molecular complexity index is 724. The van der Waals surface area contributed by atoms with Crippen molar-refractivity contribution < 1.29 is 14.7 Å². The van der Waals surface area contributed by atoms with Crippen LogP contribution in [0.3, 0.4) is 0 Å². The van der Waals surface area contributed by atoms with Gasteiger partial charge in [-0.2, -0.15) is 0 Å². The number of aliphatic hydroxyl groups is 1. The second-order valence-corrected chi connectivity index (χ2v) is 8.05. The molecule has 0 aliphatic carbocycles. The predicted molar refractivity (Wildman–Crippen MR) is 100 cm³/mol. The van der Waals surface area contributed by atoms with Crippen molar-refractivity contribution in [2.45, 2.75) is 25.4 Å². The molecule has 0 radical (unpaired) electrons. The highest BCUT2D eigenvalue weighted by Gasteiger charge is 2.47. The summed E-state index contributed by atoms with van der Waals surface area (Å²) in [5, 5.41) is 11.5. The highest BCUT2D eigenvalue weighted by Crippen LogP contribution is 2.36. The topological polar surface area (TPSA) is 64.1 Å². The summed E-state index contributed by atoms with van der Waals surface area (Å²) < 4.78 is 0. The molecular formula is C19H26ClN3O3. The maximum atomic E-state index is 12.9. The van der Waals surface area contributed by atoms with E-state index in [-0.39, 0.29) is 17.9 Å². The molecular weight excluding hydrogens is 354 g/mol. The van der Waals surface area contributed by atoms with E-state index in [0.29, 0.717) is 49.6 Å². The Kier molecular flexibility index (Phi) is 5.17. The lowest BCUT2D eigenvalue weighted by molar-refractivity contribution is -0.100. The van der Waals surface area contributed by atoms with Crippen LogP contribution in [0.2, 0.25) is 5.02 Å². The number of nitrogens with zero attached hydrogens (tertiary/aromatic N) is 3. The van der Waals surface area contributed by atoms with E-state index in [9.17, 15) is 14.7 Å². The maximum Gasteiger partial charge on any atom is 0.319 e. The van der Waals surface area contributed by atoms with Crippen LogP contribution >= 0.6 is 11.6 Å². The maximum absolute atomic E-state index is 12.9. The highest BCUT2D eigenvalue weighted by atomic mass is 35.5. The van der Waals surface area contributed by atoms with Gasteiger partial charge in [-0.1, -0.05) is 17.7 Å². The molecule has 2 heterocycles. The zero-order chi connectivity index (χ0) is 19.1. The summed E-state index contributed by atoms with van der Waals surface area (Å²) in [6.07, 6.45) is 1.09. The average molecular weight is 380 g/mol. The number of likely N-dealkylation sites (tertiary alicyclic amines) is 2. The van der Waals surface area contributed by atoms with Gasteiger partial charge in [-0.25, -0.2) is 4.79 Å². The van der Waals surface area contributed by atoms with Crippen LogP contribution in [0.4, 0.5) is 4.79 Å². The van der Waals surface area contributed by atoms with Crippen LogP contribution in [-0.2, 0) is 0 Å². The van der Waals surface area contributed by atoms with E-state index in [1.165, 1.54) is 0 Å². The Hall–Kier alpha value is -1.79. The summed E-state index contributed by atoms with van der Waals surface area (Å²) in [5.41, 5.74) is 0.689. The Labute approximate surface area is 159 Å². The van der Waals surface area contributed by atoms with Gasteiger partial charge in [0.15, 0.2) is 0 Å². The minimum Gasteiger partial charge on any atom is -0.389 e. The van der Waals surface area contributed by atoms with Gasteiger partial charge in [-0.15, -0.1) is 0 Å². The zero-order valence-electron chi connectivity index (χ0n) is 15.5. The number of urea groups is 1. The number of aryl methyl sites for hydroxylation is 1. The molecule has 2 aliphatic heterocycles. The van der Waals surface area contributed by atoms with Crippen molar-refractivity contribution in [2.24, 2.45) is 5.92 Å². The van der Waals surface area contributed by atoms with Gasteiger partial charge < -0.3 is 19.8 Å². The van der Waals surface area contributed by atoms with Crippen molar-refractivity contribution in [1.29, 1.82) is 0 Å². The molecule has 0 unspecified atom stereocenters. The van der Waals surface area contributed by atoms with Crippen LogP contribution in [0.25, 0.3) is 0 Å². The largest absolute Gasteiger partial charge is 0.389 e. The van der Waals surface area contributed by atoms with Gasteiger partial charge in [0.2, 0.25) is 0 Å². The number of halogens is 1. The molecule has 3 rings (SSSR count). The Morgan fingerprint density at radius 2 is 1.81 bits per heavy atom. The van der Waals surface area contributed by atoms with Crippen LogP contribution in [0.1, 0.15) is 28.8 Å². The van der Waals surface area contributed by atoms with Crippen LogP contribution in [0.5, 0.6) is 0 Å². The normalized spacial score (nSPS) is 25.7. The molecule has 2 fully saturated rings. The minimum absolute atomic E-state index is 0.0548. The molecule has 26 heavy (non-hydrogen) atoms. The number of carbonyl (C=O) groups excluding carboxylic acids is 2. The van der Waals surface area contributed by atoms with Gasteiger partial charge in [-0.05, 0) is 37.5 Å². The van der Waals surface area contributed by atoms with Crippen molar-refractivity contribution in [3.63, 3.8) is 0 Å². The predicted octanol–water partition coefficient (Wildman–Crippen LogP) is 2.23. The lowest BCUT2D eigenvalue weighted by atomic mass is 9.75. The minimum atomic E-state index is -0.801. The van der Waals surface area contributed by atoms with Gasteiger partial charge in [0.05, 0.1) is 5.60 Å². The molecule has 6 nitrogen and oxygen atoms in total. The summed E-state index contributed by atoms with van der Waals surface area (Å²) in [4.78, 5) is 30.2. The first kappa shape index (κ1) is 19.0. The molecule has 0 bridgehead atoms. The highest BCUT2D eigenvalue weighted by molar-refractivity contribution is 6.31. The van der Waals surface area contributed by atoms with E-state index in [4.69, 9.17) is 11.6 Å². The number of amides is 3. The molecule has 0 aromatic heterocycles. The first-order valence-electron chi connectivity index (χ1n) is 8.95. The molecule has 0 saturated carbocycles. The Morgan fingerprint density at radius 3 is 2.42 bits per heavy atom. The second kappa shape index (κ2) is 7.08. The summed E-state index contributed by atoms with van der Waals surface area (Å²) >= 11 is 6.15. The lowest BCUT2D eigenvalue weighted by Crippen LogP contribution is -2.62. The molecule has 3 amide bonds. The Balaban J connectivity index is 1.74. The number of benzene rings is 1. The van der Waals surface area contributed by atoms with Gasteiger partial charge in [0.1, 0.15) is 0 Å². The molecule has 2 atom stereocenters. The van der Waals surface area contributed by atoms with Crippen molar-refractivity contribution in [3.05, 3.63) is 34.3 Å². The quantitative estimate of drug-likeness (QED) is 0.813. The number of carbonyl (C=O) groups is 2. The van der Waals surface area contributed by atoms with Crippen LogP contribution in [0, 0.1) is 12.8 Å². The molecule has 1 aromatic rings. The second-order valence-electron chi connectivity index (χ2n) is 7.64. The zero-order valence-corrected chi connectivity index (χ0v) is 16.3. The third-order valence-electron chi connectivity index (χ3n) is 5.63.